The molecule has 2 N–H and O–H groups in total. The number of carboxylic acids is 1. The van der Waals surface area contributed by atoms with Crippen molar-refractivity contribution in [1.82, 2.24) is 4.57 Å². The number of methoxy groups -OCH3 is 1. The highest BCUT2D eigenvalue weighted by Crippen LogP contribution is 2.31. The number of hydrogen-bond donors (Lipinski definition) is 2. The summed E-state index contributed by atoms with van der Waals surface area (Å²) in [7, 11) is 1.18. The molecule has 1 heterocycles. The lowest BCUT2D eigenvalue weighted by Gasteiger charge is -2.25. The van der Waals surface area contributed by atoms with Crippen LogP contribution < -0.4 is 10.2 Å². The van der Waals surface area contributed by atoms with Crippen LogP contribution in [0.2, 0.25) is 5.02 Å². The first-order valence-electron chi connectivity index (χ1n) is 13.3. The van der Waals surface area contributed by atoms with Crippen LogP contribution in [0.4, 0.5) is 4.39 Å². The van der Waals surface area contributed by atoms with Gasteiger partial charge in [-0.3, -0.25) is 4.79 Å². The lowest BCUT2D eigenvalue weighted by Crippen LogP contribution is -2.25. The zero-order chi connectivity index (χ0) is 30.6. The summed E-state index contributed by atoms with van der Waals surface area (Å²) in [6.07, 6.45) is 0.177. The van der Waals surface area contributed by atoms with Gasteiger partial charge in [-0.05, 0) is 29.2 Å². The smallest absolute Gasteiger partial charge is 0.341 e. The van der Waals surface area contributed by atoms with E-state index in [0.29, 0.717) is 10.8 Å². The number of halogens is 2. The molecule has 0 aliphatic rings. The number of ether oxygens (including phenoxy) is 1. The van der Waals surface area contributed by atoms with Gasteiger partial charge in [0.05, 0.1) is 34.3 Å². The Balaban J connectivity index is 2.53. The third-order valence-electron chi connectivity index (χ3n) is 4.70. The Morgan fingerprint density at radius 3 is 2.74 bits per heavy atom. The molecule has 0 spiro atoms. The summed E-state index contributed by atoms with van der Waals surface area (Å²) in [5, 5.41) is 19.5. The average Bonchev–Trinajstić information content (AvgIpc) is 2.79. The van der Waals surface area contributed by atoms with E-state index in [0.717, 1.165) is 12.1 Å². The molecule has 0 fully saturated rings. The first kappa shape index (κ1) is 13.5. The van der Waals surface area contributed by atoms with E-state index >= 15 is 0 Å². The average molecular weight is 457 g/mol. The third-order valence-corrected chi connectivity index (χ3v) is 4.99. The SMILES string of the molecule is [2H]C([2H])([2H])C(C([2H])([2H])[2H])[C@]([2H])(n1cc(C(=O)O)c(=O)c2cc(Cc3cccc(Cl)c3F)c(OC)cc21)C([2H])([2H])O. The molecule has 0 radical (unpaired) electrons. The van der Waals surface area contributed by atoms with Gasteiger partial charge in [0.1, 0.15) is 17.1 Å². The summed E-state index contributed by atoms with van der Waals surface area (Å²) in [6.45, 7) is -11.1. The molecule has 1 aromatic heterocycles. The molecule has 0 amide bonds. The van der Waals surface area contributed by atoms with Crippen molar-refractivity contribution in [1.29, 1.82) is 0 Å². The number of aromatic carboxylic acids is 1. The summed E-state index contributed by atoms with van der Waals surface area (Å²) in [5.74, 6) is -5.66. The Morgan fingerprint density at radius 1 is 1.39 bits per heavy atom. The Kier molecular flexibility index (Phi) is 3.95. The number of nitrogens with zero attached hydrogens (tertiary/aromatic N) is 1. The van der Waals surface area contributed by atoms with E-state index in [2.05, 4.69) is 0 Å². The number of carbonyl (C=O) groups is 1. The summed E-state index contributed by atoms with van der Waals surface area (Å²) in [6, 6.07) is 2.61. The molecule has 1 atom stereocenters. The standard InChI is InChI=1S/C23H23ClFNO5/c1-12(2)19(11-27)26-10-16(23(29)30)22(28)15-8-14(20(31-3)9-18(15)26)7-13-5-4-6-17(24)21(13)25/h4-6,8-10,12,19,27H,7,11H2,1-3H3,(H,29,30)/t19-/m1/s1/i1D3,2D3,11D2,19D. The first-order chi connectivity index (χ1) is 18.2. The zero-order valence-electron chi connectivity index (χ0n) is 25.1. The van der Waals surface area contributed by atoms with E-state index < -0.39 is 65.9 Å². The van der Waals surface area contributed by atoms with Crippen molar-refractivity contribution >= 4 is 28.5 Å². The van der Waals surface area contributed by atoms with Crippen molar-refractivity contribution in [3.8, 4) is 5.75 Å². The van der Waals surface area contributed by atoms with Crippen molar-refractivity contribution in [3.05, 3.63) is 74.3 Å². The maximum Gasteiger partial charge on any atom is 0.341 e. The van der Waals surface area contributed by atoms with E-state index in [4.69, 9.17) is 28.7 Å². The van der Waals surface area contributed by atoms with Crippen molar-refractivity contribution in [3.63, 3.8) is 0 Å². The highest BCUT2D eigenvalue weighted by molar-refractivity contribution is 6.30. The Bertz CT molecular complexity index is 1520. The van der Waals surface area contributed by atoms with Gasteiger partial charge >= 0.3 is 5.97 Å². The van der Waals surface area contributed by atoms with Gasteiger partial charge in [0.25, 0.3) is 0 Å². The molecule has 0 bridgehead atoms. The predicted molar refractivity (Wildman–Crippen MR) is 117 cm³/mol. The van der Waals surface area contributed by atoms with Crippen LogP contribution >= 0.6 is 11.6 Å². The maximum absolute atomic E-state index is 14.6. The second kappa shape index (κ2) is 9.08. The van der Waals surface area contributed by atoms with Gasteiger partial charge < -0.3 is 19.5 Å². The normalized spacial score (nSPS) is 18.9. The molecule has 8 heteroatoms. The monoisotopic (exact) mass is 456 g/mol. The minimum atomic E-state index is -3.92. The number of rotatable bonds is 7. The Morgan fingerprint density at radius 2 is 2.13 bits per heavy atom. The molecule has 0 saturated carbocycles. The van der Waals surface area contributed by atoms with Gasteiger partial charge in [0, 0.05) is 32.3 Å². The summed E-state index contributed by atoms with van der Waals surface area (Å²) in [4.78, 5) is 25.2. The van der Waals surface area contributed by atoms with Crippen LogP contribution in [0.5, 0.6) is 5.75 Å². The van der Waals surface area contributed by atoms with E-state index in [9.17, 15) is 24.2 Å². The second-order valence-corrected chi connectivity index (χ2v) is 6.96. The number of aromatic nitrogens is 1. The minimum Gasteiger partial charge on any atom is -0.496 e. The molecule has 0 unspecified atom stereocenters. The fourth-order valence-corrected chi connectivity index (χ4v) is 3.42. The summed E-state index contributed by atoms with van der Waals surface area (Å²) < 4.78 is 91.9. The minimum absolute atomic E-state index is 0.0614. The van der Waals surface area contributed by atoms with E-state index in [1.165, 1.54) is 25.3 Å². The number of carboxylic acid groups (broad SMARTS) is 1. The summed E-state index contributed by atoms with van der Waals surface area (Å²) in [5.41, 5.74) is -2.57. The fourth-order valence-electron chi connectivity index (χ4n) is 3.22. The molecule has 0 aliphatic heterocycles. The van der Waals surface area contributed by atoms with Crippen LogP contribution in [0.25, 0.3) is 10.9 Å². The number of aliphatic hydroxyl groups is 1. The Hall–Kier alpha value is -2.90. The van der Waals surface area contributed by atoms with Gasteiger partial charge in [-0.2, -0.15) is 0 Å². The number of fused-ring (bicyclic) bond motifs is 1. The summed E-state index contributed by atoms with van der Waals surface area (Å²) >= 11 is 5.85. The first-order valence-corrected chi connectivity index (χ1v) is 9.19. The van der Waals surface area contributed by atoms with Crippen LogP contribution in [-0.2, 0) is 6.42 Å². The van der Waals surface area contributed by atoms with Crippen LogP contribution in [0, 0.1) is 11.7 Å². The van der Waals surface area contributed by atoms with Gasteiger partial charge in [-0.25, -0.2) is 9.18 Å². The number of hydrogen-bond acceptors (Lipinski definition) is 4. The molecule has 31 heavy (non-hydrogen) atoms. The lowest BCUT2D eigenvalue weighted by atomic mass is 9.98. The third kappa shape index (κ3) is 4.29. The lowest BCUT2D eigenvalue weighted by molar-refractivity contribution is 0.0694. The van der Waals surface area contributed by atoms with Gasteiger partial charge in [-0.1, -0.05) is 37.4 Å². The highest BCUT2D eigenvalue weighted by atomic mass is 35.5. The molecule has 3 aromatic rings. The molecule has 6 nitrogen and oxygen atoms in total. The fraction of sp³-hybridized carbons (Fsp3) is 0.304. The molecule has 0 aliphatic carbocycles. The number of benzene rings is 2. The van der Waals surface area contributed by atoms with Crippen LogP contribution in [0.15, 0.2) is 41.3 Å². The topological polar surface area (TPSA) is 88.8 Å². The van der Waals surface area contributed by atoms with E-state index in [1.807, 2.05) is 0 Å². The van der Waals surface area contributed by atoms with Crippen molar-refractivity contribution in [2.24, 2.45) is 5.92 Å². The highest BCUT2D eigenvalue weighted by Gasteiger charge is 2.23. The van der Waals surface area contributed by atoms with Gasteiger partial charge in [-0.15, -0.1) is 0 Å². The second-order valence-electron chi connectivity index (χ2n) is 6.55. The molecule has 3 rings (SSSR count). The van der Waals surface area contributed by atoms with Crippen LogP contribution in [0.3, 0.4) is 0 Å². The van der Waals surface area contributed by atoms with Crippen LogP contribution in [0.1, 0.15) is 53.5 Å². The quantitative estimate of drug-likeness (QED) is 0.554. The Labute approximate surface area is 196 Å². The van der Waals surface area contributed by atoms with E-state index in [-0.39, 0.29) is 28.3 Å². The van der Waals surface area contributed by atoms with Gasteiger partial charge in [0.15, 0.2) is 0 Å². The maximum atomic E-state index is 14.6. The van der Waals surface area contributed by atoms with Crippen molar-refractivity contribution < 1.29 is 36.5 Å². The molecule has 2 aromatic carbocycles. The predicted octanol–water partition coefficient (Wildman–Crippen LogP) is 4.28. The zero-order valence-corrected chi connectivity index (χ0v) is 16.8. The number of pyridine rings is 1. The largest absolute Gasteiger partial charge is 0.496 e. The molecular weight excluding hydrogens is 425 g/mol. The molecule has 0 saturated heterocycles. The van der Waals surface area contributed by atoms with Crippen LogP contribution in [-0.4, -0.2) is 34.4 Å². The molecule has 164 valence electrons. The van der Waals surface area contributed by atoms with Gasteiger partial charge in [0.2, 0.25) is 5.43 Å². The van der Waals surface area contributed by atoms with Crippen molar-refractivity contribution in [2.75, 3.05) is 13.7 Å². The van der Waals surface area contributed by atoms with E-state index in [1.54, 1.807) is 0 Å². The van der Waals surface area contributed by atoms with Crippen molar-refractivity contribution in [2.45, 2.75) is 26.1 Å². The molecular formula is C23H23ClFNO5.